The minimum absolute atomic E-state index is 0.0708. The SMILES string of the molecule is O=C(Nc1ccccc1NC(=O)N1CCCC1)c1ccc2c(c1)C(=O)c1ccccc1-2. The molecule has 0 spiro atoms. The van der Waals surface area contributed by atoms with E-state index in [0.29, 0.717) is 28.1 Å². The number of anilines is 2. The Labute approximate surface area is 179 Å². The molecule has 0 radical (unpaired) electrons. The van der Waals surface area contributed by atoms with Crippen LogP contribution in [-0.4, -0.2) is 35.7 Å². The van der Waals surface area contributed by atoms with Gasteiger partial charge >= 0.3 is 6.03 Å². The van der Waals surface area contributed by atoms with E-state index >= 15 is 0 Å². The molecule has 0 bridgehead atoms. The van der Waals surface area contributed by atoms with Crippen molar-refractivity contribution in [1.82, 2.24) is 4.90 Å². The summed E-state index contributed by atoms with van der Waals surface area (Å²) in [6.07, 6.45) is 2.01. The third kappa shape index (κ3) is 3.46. The number of ketones is 1. The fourth-order valence-electron chi connectivity index (χ4n) is 4.18. The van der Waals surface area contributed by atoms with Crippen LogP contribution in [0.1, 0.15) is 39.1 Å². The van der Waals surface area contributed by atoms with Gasteiger partial charge in [0.2, 0.25) is 0 Å². The number of nitrogens with one attached hydrogen (secondary N) is 2. The highest BCUT2D eigenvalue weighted by Gasteiger charge is 2.27. The van der Waals surface area contributed by atoms with Gasteiger partial charge in [0.05, 0.1) is 11.4 Å². The molecule has 3 amide bonds. The van der Waals surface area contributed by atoms with Gasteiger partial charge in [-0.2, -0.15) is 0 Å². The number of urea groups is 1. The predicted molar refractivity (Wildman–Crippen MR) is 120 cm³/mol. The van der Waals surface area contributed by atoms with Crippen LogP contribution in [0.3, 0.4) is 0 Å². The lowest BCUT2D eigenvalue weighted by molar-refractivity contribution is 0.102. The Kier molecular flexibility index (Phi) is 4.75. The summed E-state index contributed by atoms with van der Waals surface area (Å²) in [5.74, 6) is -0.409. The topological polar surface area (TPSA) is 78.5 Å². The number of likely N-dealkylation sites (tertiary alicyclic amines) is 1. The lowest BCUT2D eigenvalue weighted by Crippen LogP contribution is -2.32. The van der Waals surface area contributed by atoms with Crippen molar-refractivity contribution in [2.75, 3.05) is 23.7 Å². The van der Waals surface area contributed by atoms with Gasteiger partial charge in [-0.1, -0.05) is 42.5 Å². The molecule has 1 heterocycles. The molecule has 0 saturated carbocycles. The molecule has 5 rings (SSSR count). The van der Waals surface area contributed by atoms with Crippen molar-refractivity contribution < 1.29 is 14.4 Å². The number of amides is 3. The van der Waals surface area contributed by atoms with Gasteiger partial charge in [-0.3, -0.25) is 9.59 Å². The molecule has 1 aliphatic carbocycles. The summed E-state index contributed by atoms with van der Waals surface area (Å²) in [5, 5.41) is 5.75. The Balaban J connectivity index is 1.37. The van der Waals surface area contributed by atoms with E-state index in [1.165, 1.54) is 0 Å². The number of carbonyl (C=O) groups excluding carboxylic acids is 3. The number of benzene rings is 3. The van der Waals surface area contributed by atoms with Crippen LogP contribution in [0.15, 0.2) is 66.7 Å². The van der Waals surface area contributed by atoms with Crippen LogP contribution >= 0.6 is 0 Å². The molecule has 0 atom stereocenters. The second-order valence-corrected chi connectivity index (χ2v) is 7.76. The number of para-hydroxylation sites is 2. The molecule has 1 fully saturated rings. The maximum atomic E-state index is 12.9. The molecule has 3 aromatic rings. The lowest BCUT2D eigenvalue weighted by Gasteiger charge is -2.18. The van der Waals surface area contributed by atoms with Gasteiger partial charge in [0.15, 0.2) is 5.78 Å². The third-order valence-electron chi connectivity index (χ3n) is 5.80. The van der Waals surface area contributed by atoms with E-state index in [-0.39, 0.29) is 17.7 Å². The van der Waals surface area contributed by atoms with Gasteiger partial charge in [-0.05, 0) is 48.2 Å². The van der Waals surface area contributed by atoms with Crippen LogP contribution in [0.5, 0.6) is 0 Å². The third-order valence-corrected chi connectivity index (χ3v) is 5.80. The molecule has 3 aromatic carbocycles. The lowest BCUT2D eigenvalue weighted by atomic mass is 10.0. The summed E-state index contributed by atoms with van der Waals surface area (Å²) in [5.41, 5.74) is 4.36. The van der Waals surface area contributed by atoms with Crippen LogP contribution < -0.4 is 10.6 Å². The average Bonchev–Trinajstić information content (AvgIpc) is 3.43. The molecule has 6 heteroatoms. The zero-order valence-corrected chi connectivity index (χ0v) is 16.9. The number of hydrogen-bond acceptors (Lipinski definition) is 3. The minimum atomic E-state index is -0.338. The smallest absolute Gasteiger partial charge is 0.321 e. The Morgan fingerprint density at radius 1 is 0.710 bits per heavy atom. The van der Waals surface area contributed by atoms with E-state index in [1.807, 2.05) is 24.3 Å². The predicted octanol–water partition coefficient (Wildman–Crippen LogP) is 4.78. The highest BCUT2D eigenvalue weighted by molar-refractivity contribution is 6.22. The van der Waals surface area contributed by atoms with E-state index in [0.717, 1.165) is 37.1 Å². The van der Waals surface area contributed by atoms with Crippen molar-refractivity contribution in [2.24, 2.45) is 0 Å². The van der Waals surface area contributed by atoms with Crippen molar-refractivity contribution in [3.8, 4) is 11.1 Å². The summed E-state index contributed by atoms with van der Waals surface area (Å²) in [4.78, 5) is 39.9. The molecule has 154 valence electrons. The fraction of sp³-hybridized carbons (Fsp3) is 0.160. The number of carbonyl (C=O) groups is 3. The van der Waals surface area contributed by atoms with Crippen molar-refractivity contribution in [2.45, 2.75) is 12.8 Å². The van der Waals surface area contributed by atoms with E-state index in [4.69, 9.17) is 0 Å². The standard InChI is InChI=1S/C25H21N3O3/c29-23-19-8-2-1-7-17(19)18-12-11-16(15-20(18)23)24(30)26-21-9-3-4-10-22(21)27-25(31)28-13-5-6-14-28/h1-4,7-12,15H,5-6,13-14H2,(H,26,30)(H,27,31). The second-order valence-electron chi connectivity index (χ2n) is 7.76. The van der Waals surface area contributed by atoms with Crippen LogP contribution in [0.25, 0.3) is 11.1 Å². The minimum Gasteiger partial charge on any atom is -0.325 e. The summed E-state index contributed by atoms with van der Waals surface area (Å²) in [6, 6.07) is 19.6. The number of fused-ring (bicyclic) bond motifs is 3. The van der Waals surface area contributed by atoms with Crippen LogP contribution in [-0.2, 0) is 0 Å². The molecule has 6 nitrogen and oxygen atoms in total. The Morgan fingerprint density at radius 2 is 1.32 bits per heavy atom. The highest BCUT2D eigenvalue weighted by atomic mass is 16.2. The molecule has 0 aromatic heterocycles. The first-order chi connectivity index (χ1) is 15.1. The van der Waals surface area contributed by atoms with Crippen molar-refractivity contribution in [3.05, 3.63) is 83.4 Å². The normalized spacial score (nSPS) is 14.2. The molecular weight excluding hydrogens is 390 g/mol. The Morgan fingerprint density at radius 3 is 2.06 bits per heavy atom. The van der Waals surface area contributed by atoms with Gasteiger partial charge in [0.25, 0.3) is 5.91 Å². The number of rotatable bonds is 3. The summed E-state index contributed by atoms with van der Waals surface area (Å²) in [7, 11) is 0. The van der Waals surface area contributed by atoms with Crippen LogP contribution in [0.2, 0.25) is 0 Å². The van der Waals surface area contributed by atoms with Crippen molar-refractivity contribution in [3.63, 3.8) is 0 Å². The van der Waals surface area contributed by atoms with E-state index in [2.05, 4.69) is 10.6 Å². The van der Waals surface area contributed by atoms with Crippen molar-refractivity contribution in [1.29, 1.82) is 0 Å². The van der Waals surface area contributed by atoms with Gasteiger partial charge in [-0.25, -0.2) is 4.79 Å². The molecular formula is C25H21N3O3. The highest BCUT2D eigenvalue weighted by Crippen LogP contribution is 2.37. The largest absolute Gasteiger partial charge is 0.325 e. The molecule has 31 heavy (non-hydrogen) atoms. The zero-order valence-electron chi connectivity index (χ0n) is 16.9. The Bertz CT molecular complexity index is 1210. The van der Waals surface area contributed by atoms with E-state index in [9.17, 15) is 14.4 Å². The van der Waals surface area contributed by atoms with Crippen molar-refractivity contribution >= 4 is 29.1 Å². The van der Waals surface area contributed by atoms with Crippen LogP contribution in [0, 0.1) is 0 Å². The fourth-order valence-corrected chi connectivity index (χ4v) is 4.18. The first-order valence-corrected chi connectivity index (χ1v) is 10.4. The number of nitrogens with zero attached hydrogens (tertiary/aromatic N) is 1. The average molecular weight is 411 g/mol. The van der Waals surface area contributed by atoms with E-state index in [1.54, 1.807) is 47.4 Å². The first-order valence-electron chi connectivity index (χ1n) is 10.4. The van der Waals surface area contributed by atoms with Gasteiger partial charge < -0.3 is 15.5 Å². The monoisotopic (exact) mass is 411 g/mol. The van der Waals surface area contributed by atoms with Gasteiger partial charge in [0, 0.05) is 29.8 Å². The zero-order chi connectivity index (χ0) is 21.4. The maximum absolute atomic E-state index is 12.9. The number of hydrogen-bond donors (Lipinski definition) is 2. The molecule has 2 N–H and O–H groups in total. The van der Waals surface area contributed by atoms with Gasteiger partial charge in [-0.15, -0.1) is 0 Å². The quantitative estimate of drug-likeness (QED) is 0.509. The van der Waals surface area contributed by atoms with E-state index < -0.39 is 0 Å². The van der Waals surface area contributed by atoms with Crippen LogP contribution in [0.4, 0.5) is 16.2 Å². The molecule has 1 saturated heterocycles. The summed E-state index contributed by atoms with van der Waals surface area (Å²) in [6.45, 7) is 1.48. The molecule has 1 aliphatic heterocycles. The first kappa shape index (κ1) is 19.1. The maximum Gasteiger partial charge on any atom is 0.321 e. The second kappa shape index (κ2) is 7.72. The molecule has 0 unspecified atom stereocenters. The Hall–Kier alpha value is -3.93. The molecule has 2 aliphatic rings. The summed E-state index contributed by atoms with van der Waals surface area (Å²) < 4.78 is 0. The van der Waals surface area contributed by atoms with Gasteiger partial charge in [0.1, 0.15) is 0 Å². The summed E-state index contributed by atoms with van der Waals surface area (Å²) >= 11 is 0.